The summed E-state index contributed by atoms with van der Waals surface area (Å²) in [6.45, 7) is 10.3. The fourth-order valence-corrected chi connectivity index (χ4v) is 1.90. The Morgan fingerprint density at radius 3 is 2.74 bits per heavy atom. The van der Waals surface area contributed by atoms with Crippen LogP contribution in [-0.4, -0.2) is 6.23 Å². The normalized spacial score (nSPS) is 17.3. The maximum atomic E-state index is 5.88. The highest BCUT2D eigenvalue weighted by Crippen LogP contribution is 2.34. The van der Waals surface area contributed by atoms with Crippen molar-refractivity contribution in [3.63, 3.8) is 0 Å². The van der Waals surface area contributed by atoms with Gasteiger partial charge in [-0.3, -0.25) is 0 Å². The molecule has 1 aliphatic heterocycles. The summed E-state index contributed by atoms with van der Waals surface area (Å²) in [5, 5.41) is 3.39. The van der Waals surface area contributed by atoms with Gasteiger partial charge in [0.2, 0.25) is 0 Å². The Morgan fingerprint density at radius 2 is 2.11 bits per heavy atom. The van der Waals surface area contributed by atoms with Gasteiger partial charge in [0.15, 0.2) is 6.23 Å². The molecule has 0 radical (unpaired) electrons. The minimum atomic E-state index is -0.0559. The zero-order chi connectivity index (χ0) is 14.3. The largest absolute Gasteiger partial charge is 0.464 e. The Kier molecular flexibility index (Phi) is 6.20. The van der Waals surface area contributed by atoms with Crippen molar-refractivity contribution in [2.45, 2.75) is 47.3 Å². The number of benzene rings is 1. The van der Waals surface area contributed by atoms with E-state index in [0.717, 1.165) is 17.9 Å². The Bertz CT molecular complexity index is 460. The summed E-state index contributed by atoms with van der Waals surface area (Å²) in [5.74, 6) is 0.935. The van der Waals surface area contributed by atoms with Crippen LogP contribution in [0.3, 0.4) is 0 Å². The van der Waals surface area contributed by atoms with E-state index >= 15 is 0 Å². The third-order valence-corrected chi connectivity index (χ3v) is 2.85. The number of anilines is 1. The van der Waals surface area contributed by atoms with Crippen molar-refractivity contribution < 1.29 is 4.74 Å². The molecule has 1 atom stereocenters. The Labute approximate surface area is 117 Å². The van der Waals surface area contributed by atoms with Gasteiger partial charge in [0, 0.05) is 5.57 Å². The average molecular weight is 259 g/mol. The number of nitrogens with one attached hydrogen (secondary N) is 1. The molecule has 1 aromatic rings. The van der Waals surface area contributed by atoms with Gasteiger partial charge in [0.1, 0.15) is 5.75 Å². The number of ether oxygens (including phenoxy) is 1. The first-order valence-electron chi connectivity index (χ1n) is 7.11. The van der Waals surface area contributed by atoms with Gasteiger partial charge in [0.05, 0.1) is 5.69 Å². The SMILES string of the molecule is C/C=C(\C=C/CC)C1Nc2cc(C)ccc2O1.CC. The molecule has 2 rings (SSSR count). The van der Waals surface area contributed by atoms with Gasteiger partial charge in [-0.05, 0) is 38.0 Å². The number of aryl methyl sites for hydroxylation is 1. The minimum absolute atomic E-state index is 0.0559. The van der Waals surface area contributed by atoms with E-state index in [9.17, 15) is 0 Å². The van der Waals surface area contributed by atoms with E-state index in [4.69, 9.17) is 4.74 Å². The molecule has 0 aliphatic carbocycles. The van der Waals surface area contributed by atoms with Crippen molar-refractivity contribution in [3.8, 4) is 5.75 Å². The quantitative estimate of drug-likeness (QED) is 0.766. The van der Waals surface area contributed by atoms with Gasteiger partial charge in [-0.1, -0.05) is 45.1 Å². The van der Waals surface area contributed by atoms with E-state index in [1.54, 1.807) is 0 Å². The fourth-order valence-electron chi connectivity index (χ4n) is 1.90. The van der Waals surface area contributed by atoms with Crippen LogP contribution in [0, 0.1) is 6.92 Å². The van der Waals surface area contributed by atoms with Gasteiger partial charge >= 0.3 is 0 Å². The molecule has 2 nitrogen and oxygen atoms in total. The molecule has 0 fully saturated rings. The maximum Gasteiger partial charge on any atom is 0.196 e. The van der Waals surface area contributed by atoms with Crippen molar-refractivity contribution >= 4 is 5.69 Å². The molecule has 1 aliphatic rings. The summed E-state index contributed by atoms with van der Waals surface area (Å²) in [4.78, 5) is 0. The zero-order valence-corrected chi connectivity index (χ0v) is 12.7. The fraction of sp³-hybridized carbons (Fsp3) is 0.412. The third kappa shape index (κ3) is 3.88. The van der Waals surface area contributed by atoms with Crippen LogP contribution >= 0.6 is 0 Å². The molecule has 2 heteroatoms. The predicted molar refractivity (Wildman–Crippen MR) is 83.8 cm³/mol. The lowest BCUT2D eigenvalue weighted by atomic mass is 10.2. The van der Waals surface area contributed by atoms with Crippen LogP contribution in [-0.2, 0) is 0 Å². The molecular formula is C17H25NO. The number of hydrogen-bond acceptors (Lipinski definition) is 2. The summed E-state index contributed by atoms with van der Waals surface area (Å²) < 4.78 is 5.88. The second-order valence-corrected chi connectivity index (χ2v) is 4.24. The Balaban J connectivity index is 0.000000861. The smallest absolute Gasteiger partial charge is 0.196 e. The Hall–Kier alpha value is -1.70. The third-order valence-electron chi connectivity index (χ3n) is 2.85. The van der Waals surface area contributed by atoms with Gasteiger partial charge in [0.25, 0.3) is 0 Å². The monoisotopic (exact) mass is 259 g/mol. The number of fused-ring (bicyclic) bond motifs is 1. The number of allylic oxidation sites excluding steroid dienone is 2. The van der Waals surface area contributed by atoms with E-state index < -0.39 is 0 Å². The zero-order valence-electron chi connectivity index (χ0n) is 12.7. The molecule has 19 heavy (non-hydrogen) atoms. The molecule has 0 amide bonds. The van der Waals surface area contributed by atoms with Crippen LogP contribution < -0.4 is 10.1 Å². The van der Waals surface area contributed by atoms with Crippen molar-refractivity contribution in [1.29, 1.82) is 0 Å². The highest BCUT2D eigenvalue weighted by Gasteiger charge is 2.23. The van der Waals surface area contributed by atoms with Crippen molar-refractivity contribution in [2.75, 3.05) is 5.32 Å². The van der Waals surface area contributed by atoms with Crippen LogP contribution in [0.15, 0.2) is 42.0 Å². The van der Waals surface area contributed by atoms with Crippen LogP contribution in [0.4, 0.5) is 5.69 Å². The lowest BCUT2D eigenvalue weighted by Gasteiger charge is -2.12. The lowest BCUT2D eigenvalue weighted by molar-refractivity contribution is 0.293. The topological polar surface area (TPSA) is 21.3 Å². The second kappa shape index (κ2) is 7.67. The molecule has 0 bridgehead atoms. The van der Waals surface area contributed by atoms with Gasteiger partial charge in [-0.2, -0.15) is 0 Å². The molecule has 0 aromatic heterocycles. The molecule has 0 saturated carbocycles. The van der Waals surface area contributed by atoms with E-state index in [0.29, 0.717) is 0 Å². The van der Waals surface area contributed by atoms with Crippen molar-refractivity contribution in [3.05, 3.63) is 47.6 Å². The summed E-state index contributed by atoms with van der Waals surface area (Å²) in [5.41, 5.74) is 3.49. The van der Waals surface area contributed by atoms with E-state index in [1.165, 1.54) is 11.1 Å². The lowest BCUT2D eigenvalue weighted by Crippen LogP contribution is -2.21. The summed E-state index contributed by atoms with van der Waals surface area (Å²) >= 11 is 0. The van der Waals surface area contributed by atoms with E-state index in [-0.39, 0.29) is 6.23 Å². The number of hydrogen-bond donors (Lipinski definition) is 1. The molecule has 1 aromatic carbocycles. The first kappa shape index (κ1) is 15.4. The van der Waals surface area contributed by atoms with Crippen LogP contribution in [0.25, 0.3) is 0 Å². The summed E-state index contributed by atoms with van der Waals surface area (Å²) in [6.07, 6.45) is 7.34. The molecule has 1 heterocycles. The minimum Gasteiger partial charge on any atom is -0.464 e. The molecule has 1 N–H and O–H groups in total. The summed E-state index contributed by atoms with van der Waals surface area (Å²) in [7, 11) is 0. The molecule has 0 saturated heterocycles. The van der Waals surface area contributed by atoms with Crippen molar-refractivity contribution in [2.24, 2.45) is 0 Å². The summed E-state index contributed by atoms with van der Waals surface area (Å²) in [6, 6.07) is 6.21. The number of rotatable bonds is 3. The molecule has 104 valence electrons. The predicted octanol–water partition coefficient (Wildman–Crippen LogP) is 5.06. The van der Waals surface area contributed by atoms with Crippen molar-refractivity contribution in [1.82, 2.24) is 0 Å². The van der Waals surface area contributed by atoms with E-state index in [1.807, 2.05) is 26.8 Å². The molecular weight excluding hydrogens is 234 g/mol. The molecule has 0 spiro atoms. The Morgan fingerprint density at radius 1 is 1.37 bits per heavy atom. The first-order valence-corrected chi connectivity index (χ1v) is 7.11. The average Bonchev–Trinajstić information content (AvgIpc) is 2.84. The highest BCUT2D eigenvalue weighted by molar-refractivity contribution is 5.63. The molecule has 1 unspecified atom stereocenters. The van der Waals surface area contributed by atoms with Crippen LogP contribution in [0.2, 0.25) is 0 Å². The highest BCUT2D eigenvalue weighted by atomic mass is 16.5. The van der Waals surface area contributed by atoms with Gasteiger partial charge < -0.3 is 10.1 Å². The van der Waals surface area contributed by atoms with Crippen LogP contribution in [0.5, 0.6) is 5.75 Å². The second-order valence-electron chi connectivity index (χ2n) is 4.24. The van der Waals surface area contributed by atoms with E-state index in [2.05, 4.69) is 49.5 Å². The first-order chi connectivity index (χ1) is 9.24. The maximum absolute atomic E-state index is 5.88. The standard InChI is InChI=1S/C15H19NO.C2H6/c1-4-6-7-12(5-2)15-16-13-10-11(3)8-9-14(13)17-15;1-2/h5-10,15-16H,4H2,1-3H3;1-2H3/b7-6-,12-5+;. The van der Waals surface area contributed by atoms with Gasteiger partial charge in [-0.25, -0.2) is 0 Å². The van der Waals surface area contributed by atoms with Crippen LogP contribution in [0.1, 0.15) is 39.7 Å². The van der Waals surface area contributed by atoms with Gasteiger partial charge in [-0.15, -0.1) is 0 Å².